The second-order valence-electron chi connectivity index (χ2n) is 4.15. The molecule has 1 N–H and O–H groups in total. The summed E-state index contributed by atoms with van der Waals surface area (Å²) in [7, 11) is 0. The van der Waals surface area contributed by atoms with Crippen LogP contribution in [0.4, 0.5) is 0 Å². The summed E-state index contributed by atoms with van der Waals surface area (Å²) in [5.41, 5.74) is 2.35. The predicted octanol–water partition coefficient (Wildman–Crippen LogP) is 2.46. The van der Waals surface area contributed by atoms with Crippen LogP contribution in [0.5, 0.6) is 5.75 Å². The molecule has 0 aliphatic carbocycles. The van der Waals surface area contributed by atoms with Gasteiger partial charge in [0.05, 0.1) is 17.6 Å². The van der Waals surface area contributed by atoms with E-state index in [2.05, 4.69) is 9.97 Å². The molecule has 0 bridgehead atoms. The van der Waals surface area contributed by atoms with Crippen LogP contribution in [0.2, 0.25) is 0 Å². The Bertz CT molecular complexity index is 621. The molecule has 0 aromatic carbocycles. The van der Waals surface area contributed by atoms with Gasteiger partial charge in [-0.2, -0.15) is 0 Å². The normalized spacial score (nSPS) is 10.7. The molecule has 20 heavy (non-hydrogen) atoms. The minimum Gasteiger partial charge on any atom is -0.486 e. The molecule has 0 saturated heterocycles. The number of hydrogen-bond donors (Lipinski definition) is 1. The van der Waals surface area contributed by atoms with Crippen LogP contribution in [-0.2, 0) is 11.4 Å². The lowest BCUT2D eigenvalue weighted by Gasteiger charge is -2.06. The SMILES string of the molecule is Cc1cccc(COc2ccc(C=CC(=O)O)nc2)n1. The first kappa shape index (κ1) is 13.7. The van der Waals surface area contributed by atoms with E-state index in [0.29, 0.717) is 18.1 Å². The fourth-order valence-corrected chi connectivity index (χ4v) is 1.57. The predicted molar refractivity (Wildman–Crippen MR) is 74.2 cm³/mol. The van der Waals surface area contributed by atoms with E-state index in [4.69, 9.17) is 9.84 Å². The number of hydrogen-bond acceptors (Lipinski definition) is 4. The van der Waals surface area contributed by atoms with Gasteiger partial charge < -0.3 is 9.84 Å². The van der Waals surface area contributed by atoms with Crippen molar-refractivity contribution in [3.05, 3.63) is 59.7 Å². The van der Waals surface area contributed by atoms with E-state index in [1.54, 1.807) is 18.3 Å². The molecule has 5 heteroatoms. The fraction of sp³-hybridized carbons (Fsp3) is 0.133. The monoisotopic (exact) mass is 270 g/mol. The Balaban J connectivity index is 1.95. The van der Waals surface area contributed by atoms with E-state index >= 15 is 0 Å². The lowest BCUT2D eigenvalue weighted by Crippen LogP contribution is -1.99. The second-order valence-corrected chi connectivity index (χ2v) is 4.15. The molecule has 0 atom stereocenters. The lowest BCUT2D eigenvalue weighted by molar-refractivity contribution is -0.131. The number of carboxylic acid groups (broad SMARTS) is 1. The van der Waals surface area contributed by atoms with Crippen molar-refractivity contribution in [2.45, 2.75) is 13.5 Å². The molecule has 0 spiro atoms. The summed E-state index contributed by atoms with van der Waals surface area (Å²) in [6, 6.07) is 9.18. The zero-order valence-corrected chi connectivity index (χ0v) is 11.0. The van der Waals surface area contributed by atoms with Gasteiger partial charge in [-0.15, -0.1) is 0 Å². The summed E-state index contributed by atoms with van der Waals surface area (Å²) in [6.45, 7) is 2.29. The van der Waals surface area contributed by atoms with Gasteiger partial charge >= 0.3 is 5.97 Å². The highest BCUT2D eigenvalue weighted by molar-refractivity contribution is 5.84. The van der Waals surface area contributed by atoms with E-state index in [1.165, 1.54) is 6.08 Å². The molecule has 0 aliphatic heterocycles. The molecule has 2 heterocycles. The molecular formula is C15H14N2O3. The molecule has 2 aromatic rings. The average molecular weight is 270 g/mol. The number of carboxylic acids is 1. The lowest BCUT2D eigenvalue weighted by atomic mass is 10.3. The third kappa shape index (κ3) is 4.20. The molecule has 5 nitrogen and oxygen atoms in total. The molecule has 2 rings (SSSR count). The Morgan fingerprint density at radius 2 is 2.20 bits per heavy atom. The highest BCUT2D eigenvalue weighted by atomic mass is 16.5. The Morgan fingerprint density at radius 1 is 1.35 bits per heavy atom. The number of pyridine rings is 2. The zero-order chi connectivity index (χ0) is 14.4. The van der Waals surface area contributed by atoms with Gasteiger partial charge in [0, 0.05) is 11.8 Å². The summed E-state index contributed by atoms with van der Waals surface area (Å²) in [5, 5.41) is 8.52. The molecule has 102 valence electrons. The number of carbonyl (C=O) groups is 1. The summed E-state index contributed by atoms with van der Waals surface area (Å²) >= 11 is 0. The zero-order valence-electron chi connectivity index (χ0n) is 11.0. The first-order valence-electron chi connectivity index (χ1n) is 6.06. The number of nitrogens with zero attached hydrogens (tertiary/aromatic N) is 2. The van der Waals surface area contributed by atoms with Gasteiger partial charge in [-0.1, -0.05) is 6.07 Å². The van der Waals surface area contributed by atoms with E-state index in [-0.39, 0.29) is 0 Å². The van der Waals surface area contributed by atoms with Crippen LogP contribution < -0.4 is 4.74 Å². The van der Waals surface area contributed by atoms with Crippen molar-refractivity contribution in [3.63, 3.8) is 0 Å². The van der Waals surface area contributed by atoms with Crippen LogP contribution in [0.3, 0.4) is 0 Å². The van der Waals surface area contributed by atoms with Gasteiger partial charge in [0.15, 0.2) is 0 Å². The average Bonchev–Trinajstić information content (AvgIpc) is 2.44. The van der Waals surface area contributed by atoms with Gasteiger partial charge in [0.1, 0.15) is 12.4 Å². The largest absolute Gasteiger partial charge is 0.486 e. The molecule has 0 saturated carbocycles. The van der Waals surface area contributed by atoms with E-state index < -0.39 is 5.97 Å². The number of aliphatic carboxylic acids is 1. The van der Waals surface area contributed by atoms with Gasteiger partial charge in [0.25, 0.3) is 0 Å². The van der Waals surface area contributed by atoms with Gasteiger partial charge in [0.2, 0.25) is 0 Å². The molecule has 0 radical (unpaired) electrons. The Morgan fingerprint density at radius 3 is 2.85 bits per heavy atom. The number of aromatic nitrogens is 2. The highest BCUT2D eigenvalue weighted by Gasteiger charge is 1.98. The van der Waals surface area contributed by atoms with Crippen molar-refractivity contribution < 1.29 is 14.6 Å². The van der Waals surface area contributed by atoms with Crippen molar-refractivity contribution in [2.24, 2.45) is 0 Å². The topological polar surface area (TPSA) is 72.3 Å². The Hall–Kier alpha value is -2.69. The molecule has 2 aromatic heterocycles. The molecule has 0 amide bonds. The van der Waals surface area contributed by atoms with Crippen molar-refractivity contribution in [3.8, 4) is 5.75 Å². The Labute approximate surface area is 116 Å². The van der Waals surface area contributed by atoms with Crippen LogP contribution in [0.15, 0.2) is 42.6 Å². The maximum Gasteiger partial charge on any atom is 0.328 e. The summed E-state index contributed by atoms with van der Waals surface area (Å²) in [4.78, 5) is 18.8. The van der Waals surface area contributed by atoms with Crippen molar-refractivity contribution >= 4 is 12.0 Å². The maximum atomic E-state index is 10.4. The van der Waals surface area contributed by atoms with E-state index in [9.17, 15) is 4.79 Å². The number of ether oxygens (including phenoxy) is 1. The van der Waals surface area contributed by atoms with Crippen molar-refractivity contribution in [1.82, 2.24) is 9.97 Å². The minimum absolute atomic E-state index is 0.369. The van der Waals surface area contributed by atoms with Crippen LogP contribution in [-0.4, -0.2) is 21.0 Å². The standard InChI is InChI=1S/C15H14N2O3/c1-11-3-2-4-13(17-11)10-20-14-7-5-12(16-9-14)6-8-15(18)19/h2-9H,10H2,1H3,(H,18,19). The van der Waals surface area contributed by atoms with Crippen LogP contribution >= 0.6 is 0 Å². The second kappa shape index (κ2) is 6.47. The molecule has 0 aliphatic rings. The third-order valence-electron chi connectivity index (χ3n) is 2.49. The van der Waals surface area contributed by atoms with Crippen LogP contribution in [0, 0.1) is 6.92 Å². The van der Waals surface area contributed by atoms with Crippen LogP contribution in [0.1, 0.15) is 17.1 Å². The summed E-state index contributed by atoms with van der Waals surface area (Å²) in [5.74, 6) is -0.390. The minimum atomic E-state index is -1.00. The smallest absolute Gasteiger partial charge is 0.328 e. The van der Waals surface area contributed by atoms with Crippen LogP contribution in [0.25, 0.3) is 6.08 Å². The molecular weight excluding hydrogens is 256 g/mol. The van der Waals surface area contributed by atoms with E-state index in [1.807, 2.05) is 25.1 Å². The van der Waals surface area contributed by atoms with E-state index in [0.717, 1.165) is 17.5 Å². The van der Waals surface area contributed by atoms with Crippen molar-refractivity contribution in [1.29, 1.82) is 0 Å². The number of aryl methyl sites for hydroxylation is 1. The molecule has 0 fully saturated rings. The third-order valence-corrected chi connectivity index (χ3v) is 2.49. The Kier molecular flexibility index (Phi) is 4.44. The maximum absolute atomic E-state index is 10.4. The highest BCUT2D eigenvalue weighted by Crippen LogP contribution is 2.12. The molecule has 0 unspecified atom stereocenters. The van der Waals surface area contributed by atoms with Crippen molar-refractivity contribution in [2.75, 3.05) is 0 Å². The van der Waals surface area contributed by atoms with Gasteiger partial charge in [-0.25, -0.2) is 4.79 Å². The first-order chi connectivity index (χ1) is 9.63. The number of rotatable bonds is 5. The fourth-order valence-electron chi connectivity index (χ4n) is 1.57. The quantitative estimate of drug-likeness (QED) is 0.845. The first-order valence-corrected chi connectivity index (χ1v) is 6.06. The summed E-state index contributed by atoms with van der Waals surface area (Å²) < 4.78 is 5.56. The van der Waals surface area contributed by atoms with Gasteiger partial charge in [-0.3, -0.25) is 9.97 Å². The van der Waals surface area contributed by atoms with Gasteiger partial charge in [-0.05, 0) is 37.3 Å². The summed E-state index contributed by atoms with van der Waals surface area (Å²) in [6.07, 6.45) is 4.02.